The Morgan fingerprint density at radius 1 is 0.317 bits per heavy atom. The third-order valence-electron chi connectivity index (χ3n) is 11.9. The molecule has 0 aromatic heterocycles. The number of ether oxygens (including phenoxy) is 4. The highest BCUT2D eigenvalue weighted by molar-refractivity contribution is 5.58. The van der Waals surface area contributed by atoms with Crippen LogP contribution in [-0.4, -0.2) is 26.4 Å². The van der Waals surface area contributed by atoms with Gasteiger partial charge in [0, 0.05) is 47.9 Å². The summed E-state index contributed by atoms with van der Waals surface area (Å²) in [6.07, 6.45) is 15.9. The van der Waals surface area contributed by atoms with Gasteiger partial charge < -0.3 is 41.9 Å². The van der Waals surface area contributed by atoms with Gasteiger partial charge in [0.15, 0.2) is 0 Å². The molecule has 1 aliphatic carbocycles. The van der Waals surface area contributed by atoms with Gasteiger partial charge in [-0.25, -0.2) is 0 Å². The summed E-state index contributed by atoms with van der Waals surface area (Å²) in [5.41, 5.74) is 31.9. The van der Waals surface area contributed by atoms with Crippen molar-refractivity contribution >= 4 is 0 Å². The van der Waals surface area contributed by atoms with Gasteiger partial charge in [0.1, 0.15) is 23.0 Å². The Labute approximate surface area is 362 Å². The zero-order valence-electron chi connectivity index (χ0n) is 38.1. The van der Waals surface area contributed by atoms with Crippen LogP contribution in [0.15, 0.2) is 48.5 Å². The molecule has 0 saturated heterocycles. The quantitative estimate of drug-likeness (QED) is 0.0475. The van der Waals surface area contributed by atoms with E-state index in [4.69, 9.17) is 18.9 Å². The van der Waals surface area contributed by atoms with Crippen LogP contribution in [-0.2, 0) is 51.9 Å². The molecule has 0 radical (unpaired) electrons. The second-order valence-corrected chi connectivity index (χ2v) is 16.9. The third kappa shape index (κ3) is 13.0. The van der Waals surface area contributed by atoms with E-state index < -0.39 is 0 Å². The van der Waals surface area contributed by atoms with Gasteiger partial charge >= 0.3 is 0 Å². The number of unbranched alkanes of at least 4 members (excludes halogenated alkanes) is 8. The van der Waals surface area contributed by atoms with Crippen molar-refractivity contribution in [1.29, 1.82) is 0 Å². The molecule has 0 heterocycles. The van der Waals surface area contributed by atoms with E-state index in [1.165, 1.54) is 66.8 Å². The standard InChI is InChI=1S/C52H76N4O4/c1-5-9-13-17-57-49-41-21-37(33-53)22-42(49)30-44-24-39(35-55)26-46(51(44)59-19-15-11-7-3)32-48-28-40(36-56)27-47(52(48)60-20-16-12-8-4)31-45-25-38(34-54)23-43(29-41)50(45)58-18-14-10-6-2/h21-28H,5-20,29-36,53-56H2,1-4H3/p+4. The lowest BCUT2D eigenvalue weighted by Gasteiger charge is -2.24. The predicted octanol–water partition coefficient (Wildman–Crippen LogP) is 7.61. The molecule has 12 N–H and O–H groups in total. The van der Waals surface area contributed by atoms with Crippen molar-refractivity contribution in [2.24, 2.45) is 0 Å². The Bertz CT molecular complexity index is 1570. The van der Waals surface area contributed by atoms with E-state index in [1.54, 1.807) is 0 Å². The fourth-order valence-corrected chi connectivity index (χ4v) is 8.60. The molecule has 4 aromatic rings. The Balaban J connectivity index is 1.84. The van der Waals surface area contributed by atoms with Crippen LogP contribution >= 0.6 is 0 Å². The second kappa shape index (κ2) is 25.0. The molecule has 0 fully saturated rings. The van der Waals surface area contributed by atoms with Crippen molar-refractivity contribution in [1.82, 2.24) is 0 Å². The molecular formula is C52H80N4O4+4. The van der Waals surface area contributed by atoms with Crippen LogP contribution in [0.2, 0.25) is 0 Å². The fraction of sp³-hybridized carbons (Fsp3) is 0.538. The van der Waals surface area contributed by atoms with Crippen molar-refractivity contribution in [2.75, 3.05) is 26.4 Å². The molecule has 60 heavy (non-hydrogen) atoms. The van der Waals surface area contributed by atoms with Crippen LogP contribution in [0.25, 0.3) is 0 Å². The predicted molar refractivity (Wildman–Crippen MR) is 243 cm³/mol. The van der Waals surface area contributed by atoms with Crippen LogP contribution < -0.4 is 41.9 Å². The van der Waals surface area contributed by atoms with Gasteiger partial charge in [0.05, 0.1) is 52.6 Å². The van der Waals surface area contributed by atoms with Crippen LogP contribution in [0.4, 0.5) is 0 Å². The minimum atomic E-state index is 0.678. The molecule has 0 aliphatic heterocycles. The molecule has 4 aromatic carbocycles. The molecule has 8 nitrogen and oxygen atoms in total. The summed E-state index contributed by atoms with van der Waals surface area (Å²) in [6, 6.07) is 18.7. The van der Waals surface area contributed by atoms with Crippen molar-refractivity contribution < 1.29 is 41.9 Å². The normalized spacial score (nSPS) is 12.4. The van der Waals surface area contributed by atoms with Gasteiger partial charge in [-0.1, -0.05) is 79.1 Å². The summed E-state index contributed by atoms with van der Waals surface area (Å²) in [5.74, 6) is 3.95. The Morgan fingerprint density at radius 2 is 0.500 bits per heavy atom. The van der Waals surface area contributed by atoms with E-state index in [2.05, 4.69) is 99.2 Å². The molecule has 1 aliphatic rings. The lowest BCUT2D eigenvalue weighted by molar-refractivity contribution is -0.386. The Morgan fingerprint density at radius 3 is 0.650 bits per heavy atom. The first kappa shape index (κ1) is 47.0. The minimum absolute atomic E-state index is 0.678. The van der Waals surface area contributed by atoms with Crippen molar-refractivity contribution in [2.45, 2.75) is 157 Å². The molecule has 0 spiro atoms. The maximum absolute atomic E-state index is 6.96. The maximum atomic E-state index is 6.96. The molecule has 0 saturated carbocycles. The molecular weight excluding hydrogens is 745 g/mol. The van der Waals surface area contributed by atoms with E-state index in [0.717, 1.165) is 100 Å². The summed E-state index contributed by atoms with van der Waals surface area (Å²) < 4.78 is 27.8. The first-order valence-electron chi connectivity index (χ1n) is 23.7. The topological polar surface area (TPSA) is 147 Å². The van der Waals surface area contributed by atoms with E-state index in [0.29, 0.717) is 78.3 Å². The third-order valence-corrected chi connectivity index (χ3v) is 11.9. The SMILES string of the molecule is CCCCCOc1c2cc(C[NH3+])cc1Cc1cc(C[NH3+])cc(c1OCCCCC)Cc1cc(C[NH3+])cc(c1OCCCCC)Cc1cc(C[NH3+])cc(c1OCCCCC)C2. The van der Waals surface area contributed by atoms with Gasteiger partial charge in [-0.3, -0.25) is 0 Å². The lowest BCUT2D eigenvalue weighted by Crippen LogP contribution is -2.47. The van der Waals surface area contributed by atoms with Gasteiger partial charge in [0.2, 0.25) is 0 Å². The molecule has 0 amide bonds. The average Bonchev–Trinajstić information content (AvgIpc) is 3.25. The van der Waals surface area contributed by atoms with E-state index in [9.17, 15) is 0 Å². The number of fused-ring (bicyclic) bond motifs is 8. The Hall–Kier alpha value is -4.08. The Kier molecular flexibility index (Phi) is 19.6. The van der Waals surface area contributed by atoms with E-state index >= 15 is 0 Å². The number of hydrogen-bond donors (Lipinski definition) is 4. The van der Waals surface area contributed by atoms with Crippen molar-refractivity contribution in [3.8, 4) is 23.0 Å². The van der Waals surface area contributed by atoms with E-state index in [1.807, 2.05) is 0 Å². The summed E-state index contributed by atoms with van der Waals surface area (Å²) in [7, 11) is 0. The van der Waals surface area contributed by atoms with Gasteiger partial charge in [-0.2, -0.15) is 0 Å². The number of hydrogen-bond acceptors (Lipinski definition) is 4. The molecule has 0 atom stereocenters. The highest BCUT2D eigenvalue weighted by Crippen LogP contribution is 2.41. The first-order valence-corrected chi connectivity index (χ1v) is 23.7. The zero-order chi connectivity index (χ0) is 42.7. The maximum Gasteiger partial charge on any atom is 0.126 e. The highest BCUT2D eigenvalue weighted by atomic mass is 16.5. The number of rotatable bonds is 24. The molecule has 328 valence electrons. The van der Waals surface area contributed by atoms with E-state index in [-0.39, 0.29) is 0 Å². The van der Waals surface area contributed by atoms with Crippen molar-refractivity contribution in [3.63, 3.8) is 0 Å². The first-order chi connectivity index (χ1) is 29.4. The summed E-state index contributed by atoms with van der Waals surface area (Å²) in [5, 5.41) is 0. The van der Waals surface area contributed by atoms with Crippen LogP contribution in [0.5, 0.6) is 23.0 Å². The van der Waals surface area contributed by atoms with Crippen LogP contribution in [0.1, 0.15) is 172 Å². The molecule has 8 bridgehead atoms. The monoisotopic (exact) mass is 825 g/mol. The number of benzene rings is 4. The molecule has 8 heteroatoms. The van der Waals surface area contributed by atoms with Crippen LogP contribution in [0, 0.1) is 0 Å². The van der Waals surface area contributed by atoms with Gasteiger partial charge in [-0.15, -0.1) is 0 Å². The van der Waals surface area contributed by atoms with Gasteiger partial charge in [-0.05, 0) is 119 Å². The largest absolute Gasteiger partial charge is 0.493 e. The minimum Gasteiger partial charge on any atom is -0.493 e. The highest BCUT2D eigenvalue weighted by Gasteiger charge is 2.25. The fourth-order valence-electron chi connectivity index (χ4n) is 8.60. The molecule has 0 unspecified atom stereocenters. The van der Waals surface area contributed by atoms with Gasteiger partial charge in [0.25, 0.3) is 0 Å². The smallest absolute Gasteiger partial charge is 0.126 e. The van der Waals surface area contributed by atoms with Crippen LogP contribution in [0.3, 0.4) is 0 Å². The zero-order valence-corrected chi connectivity index (χ0v) is 38.1. The summed E-state index contributed by atoms with van der Waals surface area (Å²) in [4.78, 5) is 0. The lowest BCUT2D eigenvalue weighted by atomic mass is 9.88. The van der Waals surface area contributed by atoms with Crippen molar-refractivity contribution in [3.05, 3.63) is 115 Å². The molecule has 5 rings (SSSR count). The average molecular weight is 825 g/mol. The summed E-state index contributed by atoms with van der Waals surface area (Å²) >= 11 is 0. The second-order valence-electron chi connectivity index (χ2n) is 16.9. The number of quaternary nitrogens is 4. The summed E-state index contributed by atoms with van der Waals surface area (Å²) in [6.45, 7) is 14.5.